The van der Waals surface area contributed by atoms with E-state index in [0.29, 0.717) is 39.5 Å². The lowest BCUT2D eigenvalue weighted by Crippen LogP contribution is -2.10. The summed E-state index contributed by atoms with van der Waals surface area (Å²) in [7, 11) is 3.23. The molecule has 0 bridgehead atoms. The van der Waals surface area contributed by atoms with Gasteiger partial charge in [-0.2, -0.15) is 10.1 Å². The fourth-order valence-corrected chi connectivity index (χ4v) is 3.14. The monoisotopic (exact) mass is 428 g/mol. The maximum Gasteiger partial charge on any atom is 0.341 e. The molecule has 2 aromatic carbocycles. The average Bonchev–Trinajstić information content (AvgIpc) is 3.35. The van der Waals surface area contributed by atoms with Crippen molar-refractivity contribution < 1.29 is 19.4 Å². The standard InChI is InChI=1S/C19H17ClN6O4/c1-26-19(22-13-5-4-12-11(17(13)20)8-21-24-12)23-18(25-26)10-3-6-14(15(7-10)29-2)30-9-16(27)28/h3-8H,9H2,1-2H3,(H,21,24)(H,27,28)(H,22,23,25). The van der Waals surface area contributed by atoms with Gasteiger partial charge in [0.15, 0.2) is 23.9 Å². The number of fused-ring (bicyclic) bond motifs is 1. The maximum atomic E-state index is 10.7. The Bertz CT molecular complexity index is 1240. The second-order valence-electron chi connectivity index (χ2n) is 6.31. The number of hydrogen-bond acceptors (Lipinski definition) is 7. The van der Waals surface area contributed by atoms with E-state index in [1.54, 1.807) is 36.1 Å². The summed E-state index contributed by atoms with van der Waals surface area (Å²) in [5, 5.41) is 24.6. The first-order valence-corrected chi connectivity index (χ1v) is 9.16. The third-order valence-electron chi connectivity index (χ3n) is 4.34. The maximum absolute atomic E-state index is 10.7. The number of ether oxygens (including phenoxy) is 2. The van der Waals surface area contributed by atoms with E-state index in [9.17, 15) is 4.79 Å². The van der Waals surface area contributed by atoms with E-state index in [1.165, 1.54) is 7.11 Å². The van der Waals surface area contributed by atoms with Crippen LogP contribution >= 0.6 is 11.6 Å². The number of H-pyrrole nitrogens is 1. The van der Waals surface area contributed by atoms with Crippen LogP contribution in [0.2, 0.25) is 5.02 Å². The molecule has 0 saturated carbocycles. The molecule has 11 heteroatoms. The summed E-state index contributed by atoms with van der Waals surface area (Å²) < 4.78 is 12.1. The zero-order chi connectivity index (χ0) is 21.3. The summed E-state index contributed by atoms with van der Waals surface area (Å²) in [4.78, 5) is 15.3. The van der Waals surface area contributed by atoms with Crippen LogP contribution in [0.4, 0.5) is 11.6 Å². The fourth-order valence-electron chi connectivity index (χ4n) is 2.88. The molecule has 0 spiro atoms. The van der Waals surface area contributed by atoms with Crippen molar-refractivity contribution in [3.05, 3.63) is 41.6 Å². The number of aliphatic carboxylic acids is 1. The molecule has 0 aliphatic heterocycles. The van der Waals surface area contributed by atoms with Crippen molar-refractivity contribution in [2.45, 2.75) is 0 Å². The van der Waals surface area contributed by atoms with E-state index < -0.39 is 12.6 Å². The van der Waals surface area contributed by atoms with Gasteiger partial charge in [-0.15, -0.1) is 5.10 Å². The molecule has 0 fully saturated rings. The van der Waals surface area contributed by atoms with E-state index in [2.05, 4.69) is 25.6 Å². The van der Waals surface area contributed by atoms with Crippen LogP contribution in [0.3, 0.4) is 0 Å². The summed E-state index contributed by atoms with van der Waals surface area (Å²) in [6, 6.07) is 8.72. The molecule has 3 N–H and O–H groups in total. The highest BCUT2D eigenvalue weighted by atomic mass is 35.5. The van der Waals surface area contributed by atoms with Gasteiger partial charge in [0, 0.05) is 18.0 Å². The van der Waals surface area contributed by atoms with Crippen LogP contribution < -0.4 is 14.8 Å². The summed E-state index contributed by atoms with van der Waals surface area (Å²) in [6.45, 7) is -0.465. The number of aromatic nitrogens is 5. The minimum absolute atomic E-state index is 0.318. The van der Waals surface area contributed by atoms with Gasteiger partial charge in [0.05, 0.1) is 29.5 Å². The van der Waals surface area contributed by atoms with E-state index >= 15 is 0 Å². The number of nitrogens with one attached hydrogen (secondary N) is 2. The van der Waals surface area contributed by atoms with E-state index in [-0.39, 0.29) is 0 Å². The number of hydrogen-bond donors (Lipinski definition) is 3. The van der Waals surface area contributed by atoms with Gasteiger partial charge in [-0.05, 0) is 30.3 Å². The quantitative estimate of drug-likeness (QED) is 0.409. The molecule has 0 radical (unpaired) electrons. The van der Waals surface area contributed by atoms with Gasteiger partial charge in [0.25, 0.3) is 0 Å². The largest absolute Gasteiger partial charge is 0.493 e. The highest BCUT2D eigenvalue weighted by Crippen LogP contribution is 2.34. The SMILES string of the molecule is COc1cc(-c2nc(Nc3ccc4[nH]ncc4c3Cl)n(C)n2)ccc1OCC(=O)O. The van der Waals surface area contributed by atoms with Crippen LogP contribution in [0.1, 0.15) is 0 Å². The molecule has 10 nitrogen and oxygen atoms in total. The first kappa shape index (κ1) is 19.5. The van der Waals surface area contributed by atoms with Gasteiger partial charge in [0.1, 0.15) is 0 Å². The number of rotatable bonds is 7. The van der Waals surface area contributed by atoms with Crippen LogP contribution in [-0.4, -0.2) is 49.8 Å². The van der Waals surface area contributed by atoms with Crippen LogP contribution in [0.25, 0.3) is 22.3 Å². The van der Waals surface area contributed by atoms with Gasteiger partial charge >= 0.3 is 5.97 Å². The smallest absolute Gasteiger partial charge is 0.341 e. The molecule has 0 aliphatic carbocycles. The third-order valence-corrected chi connectivity index (χ3v) is 4.75. The molecule has 30 heavy (non-hydrogen) atoms. The topological polar surface area (TPSA) is 127 Å². The molecule has 0 atom stereocenters. The number of aryl methyl sites for hydroxylation is 1. The molecule has 4 rings (SSSR count). The van der Waals surface area contributed by atoms with E-state index in [4.69, 9.17) is 26.2 Å². The van der Waals surface area contributed by atoms with Crippen LogP contribution in [-0.2, 0) is 11.8 Å². The normalized spacial score (nSPS) is 10.9. The predicted molar refractivity (Wildman–Crippen MR) is 111 cm³/mol. The Morgan fingerprint density at radius 1 is 1.30 bits per heavy atom. The number of carboxylic acid groups (broad SMARTS) is 1. The fraction of sp³-hybridized carbons (Fsp3) is 0.158. The number of benzene rings is 2. The number of aromatic amines is 1. The van der Waals surface area contributed by atoms with Crippen molar-refractivity contribution in [1.82, 2.24) is 25.0 Å². The summed E-state index contributed by atoms with van der Waals surface area (Å²) in [5.41, 5.74) is 2.18. The molecule has 2 heterocycles. The predicted octanol–water partition coefficient (Wildman–Crippen LogP) is 3.23. The number of nitrogens with zero attached hydrogens (tertiary/aromatic N) is 4. The number of methoxy groups -OCH3 is 1. The Hall–Kier alpha value is -3.79. The van der Waals surface area contributed by atoms with Crippen LogP contribution in [0.15, 0.2) is 36.5 Å². The molecule has 0 saturated heterocycles. The number of carboxylic acids is 1. The summed E-state index contributed by atoms with van der Waals surface area (Å²) in [6.07, 6.45) is 1.66. The molecule has 154 valence electrons. The van der Waals surface area contributed by atoms with Gasteiger partial charge in [-0.1, -0.05) is 11.6 Å². The van der Waals surface area contributed by atoms with Gasteiger partial charge in [0.2, 0.25) is 5.95 Å². The van der Waals surface area contributed by atoms with Crippen molar-refractivity contribution in [2.24, 2.45) is 7.05 Å². The highest BCUT2D eigenvalue weighted by Gasteiger charge is 2.15. The van der Waals surface area contributed by atoms with Crippen molar-refractivity contribution in [2.75, 3.05) is 19.0 Å². The van der Waals surface area contributed by atoms with E-state index in [0.717, 1.165) is 10.9 Å². The minimum Gasteiger partial charge on any atom is -0.493 e. The number of carbonyl (C=O) groups is 1. The first-order valence-electron chi connectivity index (χ1n) is 8.79. The lowest BCUT2D eigenvalue weighted by molar-refractivity contribution is -0.139. The first-order chi connectivity index (χ1) is 14.5. The van der Waals surface area contributed by atoms with Crippen molar-refractivity contribution in [1.29, 1.82) is 0 Å². The Morgan fingerprint density at radius 3 is 2.90 bits per heavy atom. The molecular formula is C19H17ClN6O4. The second kappa shape index (κ2) is 7.91. The van der Waals surface area contributed by atoms with Crippen LogP contribution in [0.5, 0.6) is 11.5 Å². The molecule has 0 aliphatic rings. The lowest BCUT2D eigenvalue weighted by Gasteiger charge is -2.09. The number of anilines is 2. The Labute approximate surface area is 175 Å². The molecule has 2 aromatic heterocycles. The molecule has 0 unspecified atom stereocenters. The lowest BCUT2D eigenvalue weighted by atomic mass is 10.2. The van der Waals surface area contributed by atoms with Gasteiger partial charge in [-0.3, -0.25) is 5.10 Å². The average molecular weight is 429 g/mol. The Kier molecular flexibility index (Phi) is 5.15. The molecule has 0 amide bonds. The van der Waals surface area contributed by atoms with Crippen molar-refractivity contribution in [3.63, 3.8) is 0 Å². The zero-order valence-corrected chi connectivity index (χ0v) is 16.8. The minimum atomic E-state index is -1.07. The third kappa shape index (κ3) is 3.72. The summed E-state index contributed by atoms with van der Waals surface area (Å²) in [5.74, 6) is 0.557. The Morgan fingerprint density at radius 2 is 2.13 bits per heavy atom. The van der Waals surface area contributed by atoms with Crippen molar-refractivity contribution >= 4 is 40.1 Å². The van der Waals surface area contributed by atoms with E-state index in [1.807, 2.05) is 12.1 Å². The number of halogens is 1. The highest BCUT2D eigenvalue weighted by molar-refractivity contribution is 6.38. The van der Waals surface area contributed by atoms with Gasteiger partial charge in [-0.25, -0.2) is 9.48 Å². The Balaban J connectivity index is 1.61. The van der Waals surface area contributed by atoms with Crippen LogP contribution in [0, 0.1) is 0 Å². The molecular weight excluding hydrogens is 412 g/mol. The zero-order valence-electron chi connectivity index (χ0n) is 16.0. The van der Waals surface area contributed by atoms with Crippen molar-refractivity contribution in [3.8, 4) is 22.9 Å². The second-order valence-corrected chi connectivity index (χ2v) is 6.69. The summed E-state index contributed by atoms with van der Waals surface area (Å²) >= 11 is 6.47. The van der Waals surface area contributed by atoms with Gasteiger partial charge < -0.3 is 19.9 Å². The molecule has 4 aromatic rings.